The lowest BCUT2D eigenvalue weighted by Crippen LogP contribution is -2.06. The van der Waals surface area contributed by atoms with Gasteiger partial charge in [0.15, 0.2) is 0 Å². The van der Waals surface area contributed by atoms with Gasteiger partial charge in [-0.15, -0.1) is 0 Å². The van der Waals surface area contributed by atoms with Crippen molar-refractivity contribution < 1.29 is 9.84 Å². The van der Waals surface area contributed by atoms with Crippen LogP contribution in [0.4, 0.5) is 0 Å². The summed E-state index contributed by atoms with van der Waals surface area (Å²) in [6, 6.07) is 8.14. The number of unbranched alkanes of at least 4 members (excludes halogenated alkanes) is 2. The Morgan fingerprint density at radius 2 is 1.82 bits per heavy atom. The Morgan fingerprint density at radius 3 is 2.57 bits per heavy atom. The normalized spacial score (nSPS) is 12.3. The Bertz CT molecular complexity index is 1040. The first-order valence-corrected chi connectivity index (χ1v) is 9.72. The Labute approximate surface area is 165 Å². The van der Waals surface area contributed by atoms with Crippen LogP contribution in [0.15, 0.2) is 49.6 Å². The second kappa shape index (κ2) is 7.47. The molecule has 2 aromatic carbocycles. The number of phenolic OH excluding ortho intramolecular Hbond substituents is 1. The number of hydrogen-bond donors (Lipinski definition) is 1. The summed E-state index contributed by atoms with van der Waals surface area (Å²) in [5, 5.41) is 11.4. The fourth-order valence-electron chi connectivity index (χ4n) is 3.85. The molecule has 4 heteroatoms. The number of benzene rings is 2. The summed E-state index contributed by atoms with van der Waals surface area (Å²) in [4.78, 5) is 8.31. The fraction of sp³-hybridized carbons (Fsp3) is 0.250. The van der Waals surface area contributed by atoms with E-state index in [1.165, 1.54) is 6.33 Å². The summed E-state index contributed by atoms with van der Waals surface area (Å²) in [5.41, 5.74) is 6.33. The van der Waals surface area contributed by atoms with E-state index in [9.17, 15) is 5.11 Å². The minimum Gasteiger partial charge on any atom is -0.506 e. The highest BCUT2D eigenvalue weighted by atomic mass is 16.5. The molecule has 1 aliphatic rings. The van der Waals surface area contributed by atoms with E-state index < -0.39 is 0 Å². The summed E-state index contributed by atoms with van der Waals surface area (Å²) in [7, 11) is 0. The van der Waals surface area contributed by atoms with Crippen molar-refractivity contribution in [2.75, 3.05) is 0 Å². The van der Waals surface area contributed by atoms with Crippen LogP contribution in [-0.4, -0.2) is 15.1 Å². The van der Waals surface area contributed by atoms with Gasteiger partial charge in [0.1, 0.15) is 23.6 Å². The predicted molar refractivity (Wildman–Crippen MR) is 112 cm³/mol. The lowest BCUT2D eigenvalue weighted by atomic mass is 9.87. The van der Waals surface area contributed by atoms with Crippen molar-refractivity contribution >= 4 is 5.76 Å². The molecule has 4 rings (SSSR count). The molecule has 4 nitrogen and oxygen atoms in total. The van der Waals surface area contributed by atoms with Gasteiger partial charge in [-0.3, -0.25) is 0 Å². The molecule has 0 aliphatic carbocycles. The molecule has 0 fully saturated rings. The lowest BCUT2D eigenvalue weighted by molar-refractivity contribution is 0.465. The number of hydrogen-bond acceptors (Lipinski definition) is 4. The van der Waals surface area contributed by atoms with Crippen molar-refractivity contribution in [2.45, 2.75) is 39.5 Å². The van der Waals surface area contributed by atoms with Gasteiger partial charge in [-0.1, -0.05) is 50.1 Å². The van der Waals surface area contributed by atoms with Crippen LogP contribution in [0.2, 0.25) is 0 Å². The third kappa shape index (κ3) is 3.15. The van der Waals surface area contributed by atoms with E-state index in [1.807, 2.05) is 25.1 Å². The molecule has 0 saturated carbocycles. The topological polar surface area (TPSA) is 55.2 Å². The minimum atomic E-state index is 0.221. The van der Waals surface area contributed by atoms with Gasteiger partial charge < -0.3 is 9.84 Å². The van der Waals surface area contributed by atoms with E-state index >= 15 is 0 Å². The van der Waals surface area contributed by atoms with Gasteiger partial charge in [0.05, 0.1) is 5.56 Å². The van der Waals surface area contributed by atoms with E-state index in [4.69, 9.17) is 4.74 Å². The number of phenols is 1. The Balaban J connectivity index is 1.96. The van der Waals surface area contributed by atoms with Crippen LogP contribution in [0.25, 0.3) is 28.0 Å². The van der Waals surface area contributed by atoms with E-state index in [2.05, 4.69) is 29.5 Å². The molecule has 2 heterocycles. The number of fused-ring (bicyclic) bond motifs is 3. The number of aromatic hydroxyl groups is 1. The van der Waals surface area contributed by atoms with Crippen LogP contribution in [0, 0.1) is 6.92 Å². The number of nitrogens with zero attached hydrogens (tertiary/aromatic N) is 2. The average Bonchev–Trinajstić information content (AvgIpc) is 2.68. The molecule has 0 saturated heterocycles. The van der Waals surface area contributed by atoms with Crippen molar-refractivity contribution in [3.63, 3.8) is 0 Å². The predicted octanol–water partition coefficient (Wildman–Crippen LogP) is 5.92. The summed E-state index contributed by atoms with van der Waals surface area (Å²) < 4.78 is 6.03. The van der Waals surface area contributed by atoms with Crippen LogP contribution >= 0.6 is 0 Å². The standard InChI is InChI=1S/C24H24N2O2/c1-4-5-6-7-17-11-21-23(24(27)22(17)18-12-25-14-26-13-18)20-10-15(2)8-9-19(20)16(3)28-21/h8-14,27H,3-7H2,1-2H3. The SMILES string of the molecule is C=C1Oc2cc(CCCCC)c(-c3cncnc3)c(O)c2-c2cc(C)ccc21. The molecule has 1 aliphatic heterocycles. The molecule has 0 unspecified atom stereocenters. The first-order chi connectivity index (χ1) is 13.6. The van der Waals surface area contributed by atoms with Crippen molar-refractivity contribution in [3.8, 4) is 33.8 Å². The van der Waals surface area contributed by atoms with Gasteiger partial charge in [-0.25, -0.2) is 9.97 Å². The highest BCUT2D eigenvalue weighted by Gasteiger charge is 2.28. The van der Waals surface area contributed by atoms with Gasteiger partial charge in [0.2, 0.25) is 0 Å². The van der Waals surface area contributed by atoms with E-state index in [0.717, 1.165) is 59.1 Å². The maximum Gasteiger partial charge on any atom is 0.139 e. The first-order valence-electron chi connectivity index (χ1n) is 9.72. The van der Waals surface area contributed by atoms with Crippen LogP contribution in [-0.2, 0) is 6.42 Å². The second-order valence-electron chi connectivity index (χ2n) is 7.29. The largest absolute Gasteiger partial charge is 0.506 e. The quantitative estimate of drug-likeness (QED) is 0.565. The summed E-state index contributed by atoms with van der Waals surface area (Å²) >= 11 is 0. The van der Waals surface area contributed by atoms with Crippen molar-refractivity contribution in [1.29, 1.82) is 0 Å². The van der Waals surface area contributed by atoms with Crippen molar-refractivity contribution in [1.82, 2.24) is 9.97 Å². The van der Waals surface area contributed by atoms with E-state index in [1.54, 1.807) is 12.4 Å². The molecule has 0 amide bonds. The Hall–Kier alpha value is -3.14. The van der Waals surface area contributed by atoms with Crippen molar-refractivity contribution in [2.24, 2.45) is 0 Å². The van der Waals surface area contributed by atoms with Crippen LogP contribution in [0.3, 0.4) is 0 Å². The summed E-state index contributed by atoms with van der Waals surface area (Å²) in [6.07, 6.45) is 9.18. The molecule has 3 aromatic rings. The molecule has 0 bridgehead atoms. The van der Waals surface area contributed by atoms with Gasteiger partial charge in [0, 0.05) is 34.6 Å². The summed E-state index contributed by atoms with van der Waals surface area (Å²) in [6.45, 7) is 8.30. The molecule has 28 heavy (non-hydrogen) atoms. The van der Waals surface area contributed by atoms with Gasteiger partial charge in [0.25, 0.3) is 0 Å². The third-order valence-electron chi connectivity index (χ3n) is 5.22. The number of rotatable bonds is 5. The molecule has 1 N–H and O–H groups in total. The highest BCUT2D eigenvalue weighted by Crippen LogP contribution is 2.51. The molecular weight excluding hydrogens is 348 g/mol. The van der Waals surface area contributed by atoms with E-state index in [-0.39, 0.29) is 5.75 Å². The van der Waals surface area contributed by atoms with Gasteiger partial charge in [-0.05, 0) is 31.4 Å². The number of aryl methyl sites for hydroxylation is 2. The fourth-order valence-corrected chi connectivity index (χ4v) is 3.85. The molecule has 1 aromatic heterocycles. The maximum atomic E-state index is 11.4. The molecule has 0 atom stereocenters. The third-order valence-corrected chi connectivity index (χ3v) is 5.22. The van der Waals surface area contributed by atoms with Crippen LogP contribution in [0.5, 0.6) is 11.5 Å². The summed E-state index contributed by atoms with van der Waals surface area (Å²) in [5.74, 6) is 1.49. The molecule has 0 spiro atoms. The van der Waals surface area contributed by atoms with Crippen LogP contribution < -0.4 is 4.74 Å². The van der Waals surface area contributed by atoms with E-state index in [0.29, 0.717) is 17.1 Å². The second-order valence-corrected chi connectivity index (χ2v) is 7.29. The average molecular weight is 372 g/mol. The Morgan fingerprint density at radius 1 is 1.04 bits per heavy atom. The lowest BCUT2D eigenvalue weighted by Gasteiger charge is -2.26. The molecule has 142 valence electrons. The monoisotopic (exact) mass is 372 g/mol. The molecular formula is C24H24N2O2. The van der Waals surface area contributed by atoms with Gasteiger partial charge >= 0.3 is 0 Å². The Kier molecular flexibility index (Phi) is 4.86. The highest BCUT2D eigenvalue weighted by molar-refractivity contribution is 5.94. The van der Waals surface area contributed by atoms with Gasteiger partial charge in [-0.2, -0.15) is 0 Å². The zero-order chi connectivity index (χ0) is 19.7. The first kappa shape index (κ1) is 18.2. The minimum absolute atomic E-state index is 0.221. The number of ether oxygens (including phenoxy) is 1. The zero-order valence-corrected chi connectivity index (χ0v) is 16.3. The van der Waals surface area contributed by atoms with Crippen molar-refractivity contribution in [3.05, 3.63) is 66.3 Å². The number of aromatic nitrogens is 2. The molecule has 0 radical (unpaired) electrons. The maximum absolute atomic E-state index is 11.4. The van der Waals surface area contributed by atoms with Crippen LogP contribution in [0.1, 0.15) is 42.9 Å². The smallest absolute Gasteiger partial charge is 0.139 e. The zero-order valence-electron chi connectivity index (χ0n) is 16.3.